The van der Waals surface area contributed by atoms with Crippen LogP contribution in [0.3, 0.4) is 0 Å². The van der Waals surface area contributed by atoms with Crippen LogP contribution >= 0.6 is 0 Å². The Morgan fingerprint density at radius 2 is 1.29 bits per heavy atom. The Bertz CT molecular complexity index is 102. The molecule has 0 aromatic heterocycles. The average molecular weight is 268 g/mol. The van der Waals surface area contributed by atoms with E-state index in [0.717, 1.165) is 0 Å². The molecule has 0 amide bonds. The van der Waals surface area contributed by atoms with Gasteiger partial charge in [0.05, 0.1) is 0 Å². The van der Waals surface area contributed by atoms with Gasteiger partial charge >= 0.3 is 78.4 Å². The van der Waals surface area contributed by atoms with E-state index in [1.807, 2.05) is 0 Å². The van der Waals surface area contributed by atoms with Crippen molar-refractivity contribution in [2.75, 3.05) is 0 Å². The molecule has 0 fully saturated rings. The molecule has 0 spiro atoms. The minimum absolute atomic E-state index is 0. The molecule has 2 N–H and O–H groups in total. The molecule has 0 aliphatic carbocycles. The van der Waals surface area contributed by atoms with Gasteiger partial charge in [-0.05, 0) is 0 Å². The third-order valence-corrected chi connectivity index (χ3v) is 0. The number of rotatable bonds is 0. The van der Waals surface area contributed by atoms with Crippen molar-refractivity contribution < 1.29 is 32.4 Å². The molecule has 0 saturated carbocycles. The zero-order valence-electron chi connectivity index (χ0n) is 5.40. The fourth-order valence-electron chi connectivity index (χ4n) is 0. The van der Waals surface area contributed by atoms with Crippen molar-refractivity contribution in [1.29, 1.82) is 0 Å². The van der Waals surface area contributed by atoms with Crippen molar-refractivity contribution in [3.8, 4) is 0 Å². The van der Waals surface area contributed by atoms with E-state index in [9.17, 15) is 0 Å². The summed E-state index contributed by atoms with van der Waals surface area (Å²) in [5.41, 5.74) is 0. The zero-order chi connectivity index (χ0) is 4.50. The molecule has 0 aliphatic rings. The molecular weight excluding hydrogens is 264 g/mol. The van der Waals surface area contributed by atoms with Crippen LogP contribution in [0.2, 0.25) is 0 Å². The molecule has 0 atom stereocenters. The van der Waals surface area contributed by atoms with Crippen LogP contribution in [0.1, 0.15) is 2.85 Å². The Hall–Kier alpha value is 1.69. The third-order valence-electron chi connectivity index (χ3n) is 0. The van der Waals surface area contributed by atoms with Crippen LogP contribution in [0.25, 0.3) is 0 Å². The second-order valence-electron chi connectivity index (χ2n) is 0.448. The van der Waals surface area contributed by atoms with Gasteiger partial charge in [0, 0.05) is 8.41 Å². The molecule has 0 aromatic carbocycles. The van der Waals surface area contributed by atoms with E-state index in [0.29, 0.717) is 0 Å². The molecule has 39 valence electrons. The van der Waals surface area contributed by atoms with Gasteiger partial charge < -0.3 is 2.85 Å². The summed E-state index contributed by atoms with van der Waals surface area (Å²) in [6.45, 7) is 0. The first kappa shape index (κ1) is 15.9. The molecule has 0 aliphatic heterocycles. The molecule has 4 nitrogen and oxygen atoms in total. The summed E-state index contributed by atoms with van der Waals surface area (Å²) in [5, 5.41) is 0. The van der Waals surface area contributed by atoms with Crippen molar-refractivity contribution in [3.05, 3.63) is 0 Å². The summed E-state index contributed by atoms with van der Waals surface area (Å²) in [5.74, 6) is 0. The van der Waals surface area contributed by atoms with Crippen molar-refractivity contribution in [3.63, 3.8) is 0 Å². The Balaban J connectivity index is -0.0000000133. The van der Waals surface area contributed by atoms with Gasteiger partial charge in [-0.3, -0.25) is 0 Å². The summed E-state index contributed by atoms with van der Waals surface area (Å²) in [7, 11) is 0. The fourth-order valence-corrected chi connectivity index (χ4v) is 0. The summed E-state index contributed by atoms with van der Waals surface area (Å²) in [4.78, 5) is 0. The van der Waals surface area contributed by atoms with Crippen LogP contribution in [0.15, 0.2) is 0 Å². The van der Waals surface area contributed by atoms with Gasteiger partial charge in [0.2, 0.25) is 0 Å². The Kier molecular flexibility index (Phi) is 13.2. The Morgan fingerprint density at radius 1 is 1.29 bits per heavy atom. The molecule has 0 saturated heterocycles. The summed E-state index contributed by atoms with van der Waals surface area (Å²) in [6.07, 6.45) is 0. The van der Waals surface area contributed by atoms with E-state index in [2.05, 4.69) is 0 Å². The van der Waals surface area contributed by atoms with Crippen LogP contribution in [0.5, 0.6) is 0 Å². The second kappa shape index (κ2) is 5.82. The van der Waals surface area contributed by atoms with Gasteiger partial charge in [0.25, 0.3) is 0 Å². The first-order valence-electron chi connectivity index (χ1n) is 0.698. The predicted octanol–water partition coefficient (Wildman–Crippen LogP) is -1.89. The van der Waals surface area contributed by atoms with E-state index >= 15 is 0 Å². The van der Waals surface area contributed by atoms with Crippen LogP contribution in [-0.2, 0) is 21.2 Å². The average Bonchev–Trinajstić information content (AvgIpc) is 0.722. The van der Waals surface area contributed by atoms with Gasteiger partial charge in [0.1, 0.15) is 0 Å². The van der Waals surface area contributed by atoms with E-state index in [1.54, 1.807) is 0 Å². The van der Waals surface area contributed by atoms with Gasteiger partial charge in [-0.25, -0.2) is 0 Å². The van der Waals surface area contributed by atoms with Crippen LogP contribution in [0.4, 0.5) is 0 Å². The van der Waals surface area contributed by atoms with E-state index in [4.69, 9.17) is 15.9 Å². The summed E-state index contributed by atoms with van der Waals surface area (Å²) < 4.78 is 31.9. The van der Waals surface area contributed by atoms with Crippen molar-refractivity contribution in [2.24, 2.45) is 0 Å². The first-order chi connectivity index (χ1) is 2.00. The molecule has 0 bridgehead atoms. The van der Waals surface area contributed by atoms with Gasteiger partial charge in [0.15, 0.2) is 0 Å². The van der Waals surface area contributed by atoms with Crippen molar-refractivity contribution in [1.82, 2.24) is 0 Å². The normalized spacial score (nSPS) is 8.29. The first-order valence-corrected chi connectivity index (χ1v) is 2.88. The molecular formula is H4BBaCrO4. The van der Waals surface area contributed by atoms with Crippen LogP contribution in [0, 0.1) is 0 Å². The number of hydrogen-bond donors (Lipinski definition) is 2. The van der Waals surface area contributed by atoms with E-state index in [1.165, 1.54) is 0 Å². The van der Waals surface area contributed by atoms with E-state index < -0.39 is 13.6 Å². The molecule has 0 heterocycles. The summed E-state index contributed by atoms with van der Waals surface area (Å²) >= 11 is -5.25. The molecule has 7 heavy (non-hydrogen) atoms. The monoisotopic (exact) mass is 269 g/mol. The quantitative estimate of drug-likeness (QED) is 0.504. The third kappa shape index (κ3) is 87.2. The fraction of sp³-hybridized carbons (Fsp3) is 0. The van der Waals surface area contributed by atoms with E-state index in [-0.39, 0.29) is 60.1 Å². The molecule has 0 rings (SSSR count). The molecule has 7 heteroatoms. The van der Waals surface area contributed by atoms with Gasteiger partial charge in [-0.15, -0.1) is 0 Å². The maximum atomic E-state index is 8.82. The predicted molar refractivity (Wildman–Crippen MR) is 19.5 cm³/mol. The SMILES string of the molecule is [B].[Ba+2].[H-].[H-].[O]=[Cr](=[O])([OH])[OH]. The van der Waals surface area contributed by atoms with Crippen LogP contribution < -0.4 is 0 Å². The molecule has 0 aromatic rings. The summed E-state index contributed by atoms with van der Waals surface area (Å²) in [6, 6.07) is 0. The molecule has 3 radical (unpaired) electrons. The van der Waals surface area contributed by atoms with Crippen molar-refractivity contribution >= 4 is 57.3 Å². The second-order valence-corrected chi connectivity index (χ2v) is 1.85. The Morgan fingerprint density at radius 3 is 1.29 bits per heavy atom. The molecule has 0 unspecified atom stereocenters. The van der Waals surface area contributed by atoms with Gasteiger partial charge in [-0.1, -0.05) is 0 Å². The standard InChI is InChI=1S/B.Ba.Cr.2H2O.2O.2H/h;;;2*1H2;;;;/q;2*+2;;;;;2*-1/p-2. The van der Waals surface area contributed by atoms with Crippen LogP contribution in [-0.4, -0.2) is 65.6 Å². The minimum atomic E-state index is -5.25. The zero-order valence-corrected chi connectivity index (χ0v) is 9.12. The van der Waals surface area contributed by atoms with Gasteiger partial charge in [-0.2, -0.15) is 0 Å². The topological polar surface area (TPSA) is 74.6 Å². The maximum absolute atomic E-state index is 8.82. The number of hydrogen-bond acceptors (Lipinski definition) is 2. The van der Waals surface area contributed by atoms with Crippen molar-refractivity contribution in [2.45, 2.75) is 0 Å². The Labute approximate surface area is 88.3 Å².